The fraction of sp³-hybridized carbons (Fsp3) is 0.211. The summed E-state index contributed by atoms with van der Waals surface area (Å²) in [4.78, 5) is 37.0. The van der Waals surface area contributed by atoms with Crippen molar-refractivity contribution in [3.63, 3.8) is 0 Å². The van der Waals surface area contributed by atoms with Crippen molar-refractivity contribution in [2.75, 3.05) is 21.2 Å². The van der Waals surface area contributed by atoms with E-state index in [1.165, 1.54) is 7.11 Å². The number of carbonyl (C=O) groups is 3. The van der Waals surface area contributed by atoms with E-state index in [2.05, 4.69) is 10.1 Å². The molecule has 0 atom stereocenters. The average molecular weight is 340 g/mol. The van der Waals surface area contributed by atoms with Crippen LogP contribution in [0.15, 0.2) is 48.5 Å². The quantitative estimate of drug-likeness (QED) is 0.846. The number of hydrogen-bond acceptors (Lipinski definition) is 4. The standard InChI is InChI=1S/C19H20N2O4/c1-20-17(22)14-6-4-13(5-7-14)12-21(2)18(23)15-8-10-16(11-9-15)19(24)25-3/h4-11H,12H2,1-3H3,(H,20,22). The highest BCUT2D eigenvalue weighted by molar-refractivity contribution is 5.96. The van der Waals surface area contributed by atoms with Crippen LogP contribution in [0.2, 0.25) is 0 Å². The molecular formula is C19H20N2O4. The maximum atomic E-state index is 12.5. The molecular weight excluding hydrogens is 320 g/mol. The highest BCUT2D eigenvalue weighted by atomic mass is 16.5. The molecule has 0 unspecified atom stereocenters. The van der Waals surface area contributed by atoms with Crippen molar-refractivity contribution >= 4 is 17.8 Å². The summed E-state index contributed by atoms with van der Waals surface area (Å²) in [5, 5.41) is 2.56. The van der Waals surface area contributed by atoms with Crippen LogP contribution >= 0.6 is 0 Å². The third-order valence-electron chi connectivity index (χ3n) is 3.76. The molecule has 2 aromatic rings. The first-order chi connectivity index (χ1) is 12.0. The van der Waals surface area contributed by atoms with E-state index >= 15 is 0 Å². The number of ether oxygens (including phenoxy) is 1. The summed E-state index contributed by atoms with van der Waals surface area (Å²) in [6.07, 6.45) is 0. The molecule has 1 N–H and O–H groups in total. The molecule has 25 heavy (non-hydrogen) atoms. The first-order valence-electron chi connectivity index (χ1n) is 7.71. The maximum absolute atomic E-state index is 12.5. The smallest absolute Gasteiger partial charge is 0.337 e. The van der Waals surface area contributed by atoms with E-state index in [-0.39, 0.29) is 11.8 Å². The zero-order valence-corrected chi connectivity index (χ0v) is 14.4. The topological polar surface area (TPSA) is 75.7 Å². The fourth-order valence-electron chi connectivity index (χ4n) is 2.34. The molecule has 0 saturated heterocycles. The number of rotatable bonds is 5. The van der Waals surface area contributed by atoms with Crippen LogP contribution < -0.4 is 5.32 Å². The fourth-order valence-corrected chi connectivity index (χ4v) is 2.34. The Kier molecular flexibility index (Phi) is 5.89. The van der Waals surface area contributed by atoms with Gasteiger partial charge in [-0.05, 0) is 42.0 Å². The minimum Gasteiger partial charge on any atom is -0.465 e. The van der Waals surface area contributed by atoms with Crippen LogP contribution in [0.4, 0.5) is 0 Å². The zero-order valence-electron chi connectivity index (χ0n) is 14.4. The number of nitrogens with one attached hydrogen (secondary N) is 1. The predicted octanol–water partition coefficient (Wildman–Crippen LogP) is 2.11. The van der Waals surface area contributed by atoms with Gasteiger partial charge in [-0.15, -0.1) is 0 Å². The molecule has 0 spiro atoms. The van der Waals surface area contributed by atoms with Crippen LogP contribution in [-0.2, 0) is 11.3 Å². The lowest BCUT2D eigenvalue weighted by molar-refractivity contribution is 0.0599. The second kappa shape index (κ2) is 8.10. The minimum atomic E-state index is -0.441. The first-order valence-corrected chi connectivity index (χ1v) is 7.71. The van der Waals surface area contributed by atoms with Gasteiger partial charge in [-0.2, -0.15) is 0 Å². The minimum absolute atomic E-state index is 0.151. The molecule has 0 radical (unpaired) electrons. The lowest BCUT2D eigenvalue weighted by atomic mass is 10.1. The third kappa shape index (κ3) is 4.44. The number of hydrogen-bond donors (Lipinski definition) is 1. The van der Waals surface area contributed by atoms with Crippen LogP contribution in [0.5, 0.6) is 0 Å². The molecule has 0 aliphatic heterocycles. The van der Waals surface area contributed by atoms with Crippen molar-refractivity contribution < 1.29 is 19.1 Å². The van der Waals surface area contributed by atoms with Gasteiger partial charge in [0.1, 0.15) is 0 Å². The molecule has 0 fully saturated rings. The summed E-state index contributed by atoms with van der Waals surface area (Å²) < 4.78 is 4.63. The predicted molar refractivity (Wildman–Crippen MR) is 93.4 cm³/mol. The van der Waals surface area contributed by atoms with Crippen molar-refractivity contribution in [1.29, 1.82) is 0 Å². The average Bonchev–Trinajstić information content (AvgIpc) is 2.66. The van der Waals surface area contributed by atoms with Gasteiger partial charge in [0.25, 0.3) is 11.8 Å². The molecule has 6 heteroatoms. The molecule has 0 aliphatic carbocycles. The van der Waals surface area contributed by atoms with Crippen molar-refractivity contribution in [3.8, 4) is 0 Å². The molecule has 2 aromatic carbocycles. The molecule has 2 amide bonds. The van der Waals surface area contributed by atoms with Gasteiger partial charge in [-0.3, -0.25) is 9.59 Å². The Morgan fingerprint density at radius 3 is 1.96 bits per heavy atom. The van der Waals surface area contributed by atoms with Crippen LogP contribution in [0.25, 0.3) is 0 Å². The molecule has 0 aliphatic rings. The summed E-state index contributed by atoms with van der Waals surface area (Å²) in [5.74, 6) is -0.753. The summed E-state index contributed by atoms with van der Waals surface area (Å²) in [5.41, 5.74) is 2.36. The van der Waals surface area contributed by atoms with Gasteiger partial charge in [0.2, 0.25) is 0 Å². The summed E-state index contributed by atoms with van der Waals surface area (Å²) in [6, 6.07) is 13.4. The number of nitrogens with zero attached hydrogens (tertiary/aromatic N) is 1. The number of benzene rings is 2. The van der Waals surface area contributed by atoms with E-state index in [9.17, 15) is 14.4 Å². The molecule has 6 nitrogen and oxygen atoms in total. The van der Waals surface area contributed by atoms with E-state index in [0.29, 0.717) is 23.2 Å². The van der Waals surface area contributed by atoms with E-state index in [1.807, 2.05) is 12.1 Å². The largest absolute Gasteiger partial charge is 0.465 e. The SMILES string of the molecule is CNC(=O)c1ccc(CN(C)C(=O)c2ccc(C(=O)OC)cc2)cc1. The number of amides is 2. The van der Waals surface area contributed by atoms with Crippen molar-refractivity contribution in [2.24, 2.45) is 0 Å². The van der Waals surface area contributed by atoms with E-state index < -0.39 is 5.97 Å². The van der Waals surface area contributed by atoms with Crippen LogP contribution in [0, 0.1) is 0 Å². The lowest BCUT2D eigenvalue weighted by Gasteiger charge is -2.17. The summed E-state index contributed by atoms with van der Waals surface area (Å²) in [7, 11) is 4.59. The summed E-state index contributed by atoms with van der Waals surface area (Å²) >= 11 is 0. The Morgan fingerprint density at radius 2 is 1.44 bits per heavy atom. The van der Waals surface area contributed by atoms with Gasteiger partial charge in [0, 0.05) is 31.8 Å². The second-order valence-corrected chi connectivity index (χ2v) is 5.51. The van der Waals surface area contributed by atoms with Gasteiger partial charge in [-0.25, -0.2) is 4.79 Å². The Morgan fingerprint density at radius 1 is 0.920 bits per heavy atom. The molecule has 0 bridgehead atoms. The Hall–Kier alpha value is -3.15. The van der Waals surface area contributed by atoms with E-state index in [1.54, 1.807) is 55.4 Å². The highest BCUT2D eigenvalue weighted by Crippen LogP contribution is 2.12. The van der Waals surface area contributed by atoms with Crippen LogP contribution in [0.3, 0.4) is 0 Å². The number of methoxy groups -OCH3 is 1. The van der Waals surface area contributed by atoms with Crippen LogP contribution in [0.1, 0.15) is 36.6 Å². The Bertz CT molecular complexity index is 767. The highest BCUT2D eigenvalue weighted by Gasteiger charge is 2.14. The number of esters is 1. The molecule has 130 valence electrons. The molecule has 0 saturated carbocycles. The molecule has 2 rings (SSSR count). The Balaban J connectivity index is 2.04. The number of carbonyl (C=O) groups excluding carboxylic acids is 3. The van der Waals surface area contributed by atoms with Gasteiger partial charge in [0.05, 0.1) is 12.7 Å². The van der Waals surface area contributed by atoms with Crippen molar-refractivity contribution in [2.45, 2.75) is 6.54 Å². The summed E-state index contributed by atoms with van der Waals surface area (Å²) in [6.45, 7) is 0.408. The third-order valence-corrected chi connectivity index (χ3v) is 3.76. The van der Waals surface area contributed by atoms with Crippen LogP contribution in [-0.4, -0.2) is 43.9 Å². The lowest BCUT2D eigenvalue weighted by Crippen LogP contribution is -2.26. The molecule has 0 heterocycles. The first kappa shape index (κ1) is 18.2. The van der Waals surface area contributed by atoms with Crippen molar-refractivity contribution in [1.82, 2.24) is 10.2 Å². The Labute approximate surface area is 146 Å². The zero-order chi connectivity index (χ0) is 18.4. The van der Waals surface area contributed by atoms with Gasteiger partial charge in [-0.1, -0.05) is 12.1 Å². The van der Waals surface area contributed by atoms with E-state index in [4.69, 9.17) is 0 Å². The maximum Gasteiger partial charge on any atom is 0.337 e. The van der Waals surface area contributed by atoms with Crippen molar-refractivity contribution in [3.05, 3.63) is 70.8 Å². The molecule has 0 aromatic heterocycles. The second-order valence-electron chi connectivity index (χ2n) is 5.51. The van der Waals surface area contributed by atoms with Gasteiger partial charge >= 0.3 is 5.97 Å². The normalized spacial score (nSPS) is 10.0. The van der Waals surface area contributed by atoms with Gasteiger partial charge < -0.3 is 15.0 Å². The van der Waals surface area contributed by atoms with Gasteiger partial charge in [0.15, 0.2) is 0 Å². The van der Waals surface area contributed by atoms with E-state index in [0.717, 1.165) is 5.56 Å². The monoisotopic (exact) mass is 340 g/mol.